The van der Waals surface area contributed by atoms with Gasteiger partial charge >= 0.3 is 0 Å². The second-order valence-electron chi connectivity index (χ2n) is 6.18. The SMILES string of the molecule is CCC1CCCCC1C(=O)C1(OC)CCCCC1. The number of rotatable bonds is 4. The second-order valence-corrected chi connectivity index (χ2v) is 6.18. The number of ether oxygens (including phenoxy) is 1. The smallest absolute Gasteiger partial charge is 0.167 e. The Balaban J connectivity index is 2.11. The maximum atomic E-state index is 13.0. The molecule has 0 amide bonds. The summed E-state index contributed by atoms with van der Waals surface area (Å²) in [7, 11) is 1.74. The molecule has 0 aliphatic heterocycles. The van der Waals surface area contributed by atoms with Crippen molar-refractivity contribution in [3.8, 4) is 0 Å². The first-order valence-electron chi connectivity index (χ1n) is 7.83. The number of hydrogen-bond donors (Lipinski definition) is 0. The van der Waals surface area contributed by atoms with Crippen LogP contribution in [-0.4, -0.2) is 18.5 Å². The number of methoxy groups -OCH3 is 1. The van der Waals surface area contributed by atoms with Gasteiger partial charge in [-0.1, -0.05) is 45.4 Å². The lowest BCUT2D eigenvalue weighted by Gasteiger charge is -2.40. The van der Waals surface area contributed by atoms with E-state index in [1.165, 1.54) is 25.7 Å². The van der Waals surface area contributed by atoms with Gasteiger partial charge in [-0.2, -0.15) is 0 Å². The summed E-state index contributed by atoms with van der Waals surface area (Å²) in [5, 5.41) is 0. The highest BCUT2D eigenvalue weighted by molar-refractivity contribution is 5.90. The van der Waals surface area contributed by atoms with Crippen LogP contribution in [0.15, 0.2) is 0 Å². The number of ketones is 1. The standard InChI is InChI=1S/C16H28O2/c1-3-13-9-5-6-10-14(13)15(17)16(18-2)11-7-4-8-12-16/h13-14H,3-12H2,1-2H3. The highest BCUT2D eigenvalue weighted by Gasteiger charge is 2.45. The van der Waals surface area contributed by atoms with Crippen LogP contribution in [0.3, 0.4) is 0 Å². The van der Waals surface area contributed by atoms with Crippen molar-refractivity contribution >= 4 is 5.78 Å². The largest absolute Gasteiger partial charge is 0.370 e. The predicted octanol–water partition coefficient (Wildman–Crippen LogP) is 4.12. The monoisotopic (exact) mass is 252 g/mol. The van der Waals surface area contributed by atoms with Gasteiger partial charge in [0.2, 0.25) is 0 Å². The summed E-state index contributed by atoms with van der Waals surface area (Å²) in [6.45, 7) is 2.23. The molecule has 0 aromatic rings. The highest BCUT2D eigenvalue weighted by Crippen LogP contribution is 2.40. The van der Waals surface area contributed by atoms with Gasteiger partial charge in [0.05, 0.1) is 0 Å². The number of hydrogen-bond acceptors (Lipinski definition) is 2. The van der Waals surface area contributed by atoms with E-state index in [2.05, 4.69) is 6.92 Å². The molecule has 2 aliphatic rings. The number of Topliss-reactive ketones (excluding diaryl/α,β-unsaturated/α-hetero) is 1. The van der Waals surface area contributed by atoms with Crippen molar-refractivity contribution in [2.75, 3.05) is 7.11 Å². The number of carbonyl (C=O) groups is 1. The van der Waals surface area contributed by atoms with Crippen LogP contribution in [0.5, 0.6) is 0 Å². The lowest BCUT2D eigenvalue weighted by molar-refractivity contribution is -0.152. The molecule has 0 aromatic heterocycles. The lowest BCUT2D eigenvalue weighted by atomic mass is 9.68. The van der Waals surface area contributed by atoms with E-state index >= 15 is 0 Å². The fourth-order valence-corrected chi connectivity index (χ4v) is 4.05. The molecular formula is C16H28O2. The van der Waals surface area contributed by atoms with Gasteiger partial charge < -0.3 is 4.74 Å². The van der Waals surface area contributed by atoms with E-state index in [0.717, 1.165) is 38.5 Å². The highest BCUT2D eigenvalue weighted by atomic mass is 16.5. The minimum Gasteiger partial charge on any atom is -0.370 e. The third kappa shape index (κ3) is 2.64. The van der Waals surface area contributed by atoms with Crippen LogP contribution >= 0.6 is 0 Å². The second kappa shape index (κ2) is 6.18. The van der Waals surface area contributed by atoms with Gasteiger partial charge in [-0.05, 0) is 31.6 Å². The van der Waals surface area contributed by atoms with E-state index < -0.39 is 5.60 Å². The average molecular weight is 252 g/mol. The molecule has 2 saturated carbocycles. The van der Waals surface area contributed by atoms with Crippen molar-refractivity contribution in [3.05, 3.63) is 0 Å². The summed E-state index contributed by atoms with van der Waals surface area (Å²) in [5.41, 5.74) is -0.423. The molecule has 18 heavy (non-hydrogen) atoms. The molecule has 2 atom stereocenters. The Labute approximate surface area is 111 Å². The fourth-order valence-electron chi connectivity index (χ4n) is 4.05. The minimum atomic E-state index is -0.423. The number of carbonyl (C=O) groups excluding carboxylic acids is 1. The van der Waals surface area contributed by atoms with Gasteiger partial charge in [-0.15, -0.1) is 0 Å². The van der Waals surface area contributed by atoms with Gasteiger partial charge in [-0.3, -0.25) is 4.79 Å². The summed E-state index contributed by atoms with van der Waals surface area (Å²) in [4.78, 5) is 13.0. The molecule has 2 nitrogen and oxygen atoms in total. The first-order valence-corrected chi connectivity index (χ1v) is 7.83. The van der Waals surface area contributed by atoms with Crippen LogP contribution in [0.1, 0.15) is 71.1 Å². The van der Waals surface area contributed by atoms with Crippen LogP contribution in [0.25, 0.3) is 0 Å². The lowest BCUT2D eigenvalue weighted by Crippen LogP contribution is -2.48. The molecule has 2 unspecified atom stereocenters. The molecule has 104 valence electrons. The zero-order valence-electron chi connectivity index (χ0n) is 12.0. The third-order valence-corrected chi connectivity index (χ3v) is 5.27. The van der Waals surface area contributed by atoms with Crippen LogP contribution in [0.2, 0.25) is 0 Å². The van der Waals surface area contributed by atoms with Crippen molar-refractivity contribution in [3.63, 3.8) is 0 Å². The van der Waals surface area contributed by atoms with E-state index in [1.807, 2.05) is 0 Å². The van der Waals surface area contributed by atoms with Crippen LogP contribution in [0.4, 0.5) is 0 Å². The first-order chi connectivity index (χ1) is 8.73. The van der Waals surface area contributed by atoms with Gasteiger partial charge in [0.15, 0.2) is 5.78 Å². The fraction of sp³-hybridized carbons (Fsp3) is 0.938. The molecule has 0 saturated heterocycles. The average Bonchev–Trinajstić information content (AvgIpc) is 2.47. The van der Waals surface area contributed by atoms with Gasteiger partial charge in [0.1, 0.15) is 5.60 Å². The van der Waals surface area contributed by atoms with E-state index in [-0.39, 0.29) is 5.92 Å². The summed E-state index contributed by atoms with van der Waals surface area (Å²) in [5.74, 6) is 1.33. The first kappa shape index (κ1) is 14.0. The van der Waals surface area contributed by atoms with Crippen LogP contribution in [-0.2, 0) is 9.53 Å². The molecular weight excluding hydrogens is 224 g/mol. The van der Waals surface area contributed by atoms with Gasteiger partial charge in [0, 0.05) is 13.0 Å². The van der Waals surface area contributed by atoms with Gasteiger partial charge in [-0.25, -0.2) is 0 Å². The molecule has 0 radical (unpaired) electrons. The molecule has 0 heterocycles. The Hall–Kier alpha value is -0.370. The van der Waals surface area contributed by atoms with Crippen molar-refractivity contribution in [2.24, 2.45) is 11.8 Å². The Kier molecular flexibility index (Phi) is 4.83. The van der Waals surface area contributed by atoms with Crippen molar-refractivity contribution < 1.29 is 9.53 Å². The maximum Gasteiger partial charge on any atom is 0.167 e. The molecule has 0 bridgehead atoms. The molecule has 0 aromatic carbocycles. The summed E-state index contributed by atoms with van der Waals surface area (Å²) < 4.78 is 5.74. The normalized spacial score (nSPS) is 32.1. The van der Waals surface area contributed by atoms with E-state index in [9.17, 15) is 4.79 Å². The molecule has 2 aliphatic carbocycles. The molecule has 0 spiro atoms. The van der Waals surface area contributed by atoms with Crippen LogP contribution in [0, 0.1) is 11.8 Å². The topological polar surface area (TPSA) is 26.3 Å². The molecule has 2 heteroatoms. The molecule has 0 N–H and O–H groups in total. The summed E-state index contributed by atoms with van der Waals surface area (Å²) in [6, 6.07) is 0. The Morgan fingerprint density at radius 1 is 1.11 bits per heavy atom. The zero-order valence-corrected chi connectivity index (χ0v) is 12.0. The molecule has 2 fully saturated rings. The molecule has 2 rings (SSSR count). The van der Waals surface area contributed by atoms with E-state index in [1.54, 1.807) is 7.11 Å². The Morgan fingerprint density at radius 3 is 2.39 bits per heavy atom. The zero-order chi connectivity index (χ0) is 13.0. The maximum absolute atomic E-state index is 13.0. The van der Waals surface area contributed by atoms with Crippen molar-refractivity contribution in [1.82, 2.24) is 0 Å². The third-order valence-electron chi connectivity index (χ3n) is 5.27. The predicted molar refractivity (Wildman–Crippen MR) is 73.6 cm³/mol. The summed E-state index contributed by atoms with van der Waals surface area (Å²) in [6.07, 6.45) is 11.5. The Bertz CT molecular complexity index is 279. The van der Waals surface area contributed by atoms with E-state index in [4.69, 9.17) is 4.74 Å². The van der Waals surface area contributed by atoms with Gasteiger partial charge in [0.25, 0.3) is 0 Å². The van der Waals surface area contributed by atoms with E-state index in [0.29, 0.717) is 11.7 Å². The van der Waals surface area contributed by atoms with Crippen molar-refractivity contribution in [2.45, 2.75) is 76.7 Å². The van der Waals surface area contributed by atoms with Crippen molar-refractivity contribution in [1.29, 1.82) is 0 Å². The minimum absolute atomic E-state index is 0.279. The summed E-state index contributed by atoms with van der Waals surface area (Å²) >= 11 is 0. The van der Waals surface area contributed by atoms with Crippen LogP contribution < -0.4 is 0 Å². The Morgan fingerprint density at radius 2 is 1.78 bits per heavy atom. The quantitative estimate of drug-likeness (QED) is 0.752.